The molecule has 0 aliphatic heterocycles. The summed E-state index contributed by atoms with van der Waals surface area (Å²) in [5.41, 5.74) is 2.46. The van der Waals surface area contributed by atoms with Crippen LogP contribution in [0.1, 0.15) is 23.5 Å². The van der Waals surface area contributed by atoms with Crippen LogP contribution in [-0.4, -0.2) is 30.3 Å². The Labute approximate surface area is 170 Å². The minimum Gasteiger partial charge on any atom is -0.336 e. The van der Waals surface area contributed by atoms with Gasteiger partial charge in [-0.05, 0) is 29.3 Å². The number of nitrogens with one attached hydrogen (secondary N) is 1. The molecule has 5 heteroatoms. The first-order valence-corrected chi connectivity index (χ1v) is 9.42. The zero-order valence-corrected chi connectivity index (χ0v) is 16.2. The average Bonchev–Trinajstić information content (AvgIpc) is 2.73. The summed E-state index contributed by atoms with van der Waals surface area (Å²) < 4.78 is 13.3. The van der Waals surface area contributed by atoms with Crippen LogP contribution in [0.5, 0.6) is 0 Å². The summed E-state index contributed by atoms with van der Waals surface area (Å²) in [5, 5.41) is 2.61. The fraction of sp³-hybridized carbons (Fsp3) is 0.167. The van der Waals surface area contributed by atoms with E-state index in [0.29, 0.717) is 5.69 Å². The molecular formula is C24H23FN2O2. The van der Waals surface area contributed by atoms with Gasteiger partial charge in [-0.25, -0.2) is 4.39 Å². The highest BCUT2D eigenvalue weighted by atomic mass is 19.1. The molecule has 0 aliphatic rings. The molecule has 148 valence electrons. The first kappa shape index (κ1) is 20.3. The standard InChI is InChI=1S/C24H23FN2O2/c1-27(17-23(28)26-21-14-8-13-20(25)15-21)24(29)16-22(18-9-4-2-5-10-18)19-11-6-3-7-12-19/h2-15,22H,16-17H2,1H3,(H,26,28). The van der Waals surface area contributed by atoms with E-state index in [4.69, 9.17) is 0 Å². The van der Waals surface area contributed by atoms with E-state index in [1.807, 2.05) is 60.7 Å². The van der Waals surface area contributed by atoms with E-state index in [1.165, 1.54) is 23.1 Å². The Morgan fingerprint density at radius 1 is 0.897 bits per heavy atom. The molecule has 2 amide bonds. The molecule has 0 radical (unpaired) electrons. The van der Waals surface area contributed by atoms with Gasteiger partial charge in [0.15, 0.2) is 0 Å². The second-order valence-corrected chi connectivity index (χ2v) is 6.89. The van der Waals surface area contributed by atoms with E-state index in [9.17, 15) is 14.0 Å². The van der Waals surface area contributed by atoms with Crippen LogP contribution in [0.4, 0.5) is 10.1 Å². The van der Waals surface area contributed by atoms with Crippen LogP contribution >= 0.6 is 0 Å². The van der Waals surface area contributed by atoms with Gasteiger partial charge in [-0.2, -0.15) is 0 Å². The van der Waals surface area contributed by atoms with Gasteiger partial charge >= 0.3 is 0 Å². The van der Waals surface area contributed by atoms with E-state index in [-0.39, 0.29) is 30.7 Å². The Morgan fingerprint density at radius 2 is 1.48 bits per heavy atom. The maximum atomic E-state index is 13.3. The van der Waals surface area contributed by atoms with Crippen molar-refractivity contribution in [3.05, 3.63) is 102 Å². The second-order valence-electron chi connectivity index (χ2n) is 6.89. The van der Waals surface area contributed by atoms with E-state index < -0.39 is 5.82 Å². The number of hydrogen-bond acceptors (Lipinski definition) is 2. The van der Waals surface area contributed by atoms with Crippen LogP contribution < -0.4 is 5.32 Å². The second kappa shape index (κ2) is 9.64. The maximum Gasteiger partial charge on any atom is 0.243 e. The number of carbonyl (C=O) groups excluding carboxylic acids is 2. The van der Waals surface area contributed by atoms with Gasteiger partial charge < -0.3 is 10.2 Å². The summed E-state index contributed by atoms with van der Waals surface area (Å²) in [4.78, 5) is 26.5. The Kier molecular flexibility index (Phi) is 6.74. The van der Waals surface area contributed by atoms with Crippen molar-refractivity contribution < 1.29 is 14.0 Å². The van der Waals surface area contributed by atoms with Gasteiger partial charge in [0, 0.05) is 25.1 Å². The smallest absolute Gasteiger partial charge is 0.243 e. The molecule has 0 atom stereocenters. The lowest BCUT2D eigenvalue weighted by Crippen LogP contribution is -2.35. The lowest BCUT2D eigenvalue weighted by Gasteiger charge is -2.22. The minimum absolute atomic E-state index is 0.0985. The summed E-state index contributed by atoms with van der Waals surface area (Å²) in [5.74, 6) is -1.04. The lowest BCUT2D eigenvalue weighted by atomic mass is 9.88. The highest BCUT2D eigenvalue weighted by Gasteiger charge is 2.21. The molecule has 0 spiro atoms. The van der Waals surface area contributed by atoms with Gasteiger partial charge in [0.05, 0.1) is 6.54 Å². The third-order valence-corrected chi connectivity index (χ3v) is 4.70. The van der Waals surface area contributed by atoms with Crippen molar-refractivity contribution >= 4 is 17.5 Å². The van der Waals surface area contributed by atoms with Crippen LogP contribution in [-0.2, 0) is 9.59 Å². The lowest BCUT2D eigenvalue weighted by molar-refractivity contribution is -0.133. The number of anilines is 1. The van der Waals surface area contributed by atoms with E-state index in [2.05, 4.69) is 5.32 Å². The summed E-state index contributed by atoms with van der Waals surface area (Å²) >= 11 is 0. The van der Waals surface area contributed by atoms with Crippen molar-refractivity contribution in [3.8, 4) is 0 Å². The number of likely N-dealkylation sites (N-methyl/N-ethyl adjacent to an activating group) is 1. The van der Waals surface area contributed by atoms with Gasteiger partial charge in [-0.15, -0.1) is 0 Å². The molecule has 29 heavy (non-hydrogen) atoms. The largest absolute Gasteiger partial charge is 0.336 e. The zero-order chi connectivity index (χ0) is 20.6. The Morgan fingerprint density at radius 3 is 2.03 bits per heavy atom. The molecule has 1 N–H and O–H groups in total. The van der Waals surface area contributed by atoms with Crippen molar-refractivity contribution in [2.45, 2.75) is 12.3 Å². The van der Waals surface area contributed by atoms with Crippen molar-refractivity contribution in [2.75, 3.05) is 18.9 Å². The molecule has 3 rings (SSSR count). The third kappa shape index (κ3) is 5.75. The average molecular weight is 390 g/mol. The maximum absolute atomic E-state index is 13.3. The van der Waals surface area contributed by atoms with Crippen molar-refractivity contribution in [1.29, 1.82) is 0 Å². The molecule has 0 heterocycles. The van der Waals surface area contributed by atoms with Crippen molar-refractivity contribution in [3.63, 3.8) is 0 Å². The van der Waals surface area contributed by atoms with Gasteiger partial charge in [0.2, 0.25) is 11.8 Å². The number of rotatable bonds is 7. The Bertz CT molecular complexity index is 921. The van der Waals surface area contributed by atoms with Crippen molar-refractivity contribution in [2.24, 2.45) is 0 Å². The third-order valence-electron chi connectivity index (χ3n) is 4.70. The SMILES string of the molecule is CN(CC(=O)Nc1cccc(F)c1)C(=O)CC(c1ccccc1)c1ccccc1. The minimum atomic E-state index is -0.430. The summed E-state index contributed by atoms with van der Waals surface area (Å²) in [7, 11) is 1.60. The molecule has 0 fully saturated rings. The number of hydrogen-bond donors (Lipinski definition) is 1. The molecule has 3 aromatic carbocycles. The predicted molar refractivity (Wildman–Crippen MR) is 112 cm³/mol. The molecule has 0 saturated carbocycles. The molecule has 0 aromatic heterocycles. The highest BCUT2D eigenvalue weighted by molar-refractivity contribution is 5.94. The summed E-state index contributed by atoms with van der Waals surface area (Å²) in [6.07, 6.45) is 0.248. The monoisotopic (exact) mass is 390 g/mol. The molecular weight excluding hydrogens is 367 g/mol. The van der Waals surface area contributed by atoms with Gasteiger partial charge in [-0.1, -0.05) is 66.7 Å². The number of benzene rings is 3. The van der Waals surface area contributed by atoms with Crippen LogP contribution in [0.25, 0.3) is 0 Å². The number of carbonyl (C=O) groups is 2. The van der Waals surface area contributed by atoms with E-state index in [0.717, 1.165) is 11.1 Å². The van der Waals surface area contributed by atoms with Crippen molar-refractivity contribution in [1.82, 2.24) is 4.90 Å². The van der Waals surface area contributed by atoms with Crippen LogP contribution in [0.2, 0.25) is 0 Å². The fourth-order valence-corrected chi connectivity index (χ4v) is 3.20. The first-order valence-electron chi connectivity index (χ1n) is 9.42. The van der Waals surface area contributed by atoms with Crippen LogP contribution in [0.15, 0.2) is 84.9 Å². The molecule has 0 unspecified atom stereocenters. The van der Waals surface area contributed by atoms with Crippen LogP contribution in [0, 0.1) is 5.82 Å². The Hall–Kier alpha value is -3.47. The topological polar surface area (TPSA) is 49.4 Å². The quantitative estimate of drug-likeness (QED) is 0.648. The first-order chi connectivity index (χ1) is 14.0. The molecule has 4 nitrogen and oxygen atoms in total. The van der Waals surface area contributed by atoms with Gasteiger partial charge in [0.25, 0.3) is 0 Å². The predicted octanol–water partition coefficient (Wildman–Crippen LogP) is 4.44. The molecule has 0 aliphatic carbocycles. The van der Waals surface area contributed by atoms with Gasteiger partial charge in [-0.3, -0.25) is 9.59 Å². The highest BCUT2D eigenvalue weighted by Crippen LogP contribution is 2.28. The molecule has 3 aromatic rings. The van der Waals surface area contributed by atoms with Crippen LogP contribution in [0.3, 0.4) is 0 Å². The van der Waals surface area contributed by atoms with Gasteiger partial charge in [0.1, 0.15) is 5.82 Å². The number of halogens is 1. The number of amides is 2. The van der Waals surface area contributed by atoms with E-state index >= 15 is 0 Å². The van der Waals surface area contributed by atoms with E-state index in [1.54, 1.807) is 13.1 Å². The fourth-order valence-electron chi connectivity index (χ4n) is 3.20. The Balaban J connectivity index is 1.66. The number of nitrogens with zero attached hydrogens (tertiary/aromatic N) is 1. The summed E-state index contributed by atoms with van der Waals surface area (Å²) in [6.45, 7) is -0.106. The molecule has 0 saturated heterocycles. The zero-order valence-electron chi connectivity index (χ0n) is 16.2. The normalized spacial score (nSPS) is 10.6. The summed E-state index contributed by atoms with van der Waals surface area (Å²) in [6, 6.07) is 25.3. The molecule has 0 bridgehead atoms.